The smallest absolute Gasteiger partial charge is 0.354 e. The zero-order chi connectivity index (χ0) is 13.9. The van der Waals surface area contributed by atoms with E-state index in [9.17, 15) is 22.4 Å². The van der Waals surface area contributed by atoms with Gasteiger partial charge in [-0.2, -0.15) is 8.78 Å². The van der Waals surface area contributed by atoms with Crippen LogP contribution >= 0.6 is 0 Å². The summed E-state index contributed by atoms with van der Waals surface area (Å²) >= 11 is 0. The fourth-order valence-electron chi connectivity index (χ4n) is 1.01. The molecule has 18 heavy (non-hydrogen) atoms. The van der Waals surface area contributed by atoms with Crippen molar-refractivity contribution in [3.63, 3.8) is 0 Å². The molecule has 0 aliphatic rings. The third kappa shape index (κ3) is 3.22. The number of nitrogens with two attached hydrogens (primary N) is 1. The number of aromatic carboxylic acids is 1. The molecule has 0 bridgehead atoms. The van der Waals surface area contributed by atoms with E-state index in [0.717, 1.165) is 12.1 Å². The average molecular weight is 267 g/mol. The largest absolute Gasteiger partial charge is 0.477 e. The molecule has 0 spiro atoms. The molecule has 1 aromatic rings. The first-order valence-corrected chi connectivity index (χ1v) is 4.63. The van der Waals surface area contributed by atoms with Crippen molar-refractivity contribution in [1.82, 2.24) is 4.98 Å². The van der Waals surface area contributed by atoms with E-state index >= 15 is 0 Å². The number of nitrogen functional groups attached to an aromatic ring is 1. The van der Waals surface area contributed by atoms with Crippen LogP contribution in [0.3, 0.4) is 0 Å². The second-order valence-electron chi connectivity index (χ2n) is 3.35. The number of nitrogens with zero attached hydrogens (tertiary/aromatic N) is 1. The molecule has 4 N–H and O–H groups in total. The van der Waals surface area contributed by atoms with Crippen LogP contribution in [0.25, 0.3) is 0 Å². The van der Waals surface area contributed by atoms with Gasteiger partial charge >= 0.3 is 18.3 Å². The highest BCUT2D eigenvalue weighted by atomic mass is 19.3. The lowest BCUT2D eigenvalue weighted by molar-refractivity contribution is -0.117. The van der Waals surface area contributed by atoms with Gasteiger partial charge in [-0.3, -0.25) is 0 Å². The molecule has 0 aromatic carbocycles. The van der Waals surface area contributed by atoms with Crippen molar-refractivity contribution in [2.45, 2.75) is 12.3 Å². The highest BCUT2D eigenvalue weighted by Crippen LogP contribution is 2.24. The van der Waals surface area contributed by atoms with Gasteiger partial charge < -0.3 is 16.2 Å². The predicted octanol–water partition coefficient (Wildman–Crippen LogP) is 1.67. The van der Waals surface area contributed by atoms with Crippen LogP contribution < -0.4 is 11.1 Å². The predicted molar refractivity (Wildman–Crippen MR) is 55.0 cm³/mol. The van der Waals surface area contributed by atoms with Crippen LogP contribution in [0.2, 0.25) is 0 Å². The highest BCUT2D eigenvalue weighted by molar-refractivity contribution is 5.86. The first-order valence-electron chi connectivity index (χ1n) is 4.63. The molecule has 1 aromatic heterocycles. The van der Waals surface area contributed by atoms with Crippen LogP contribution in [-0.4, -0.2) is 35.0 Å². The van der Waals surface area contributed by atoms with Gasteiger partial charge in [-0.25, -0.2) is 18.6 Å². The van der Waals surface area contributed by atoms with Crippen molar-refractivity contribution >= 4 is 17.5 Å². The van der Waals surface area contributed by atoms with Crippen LogP contribution in [-0.2, 0) is 0 Å². The van der Waals surface area contributed by atoms with E-state index in [4.69, 9.17) is 10.8 Å². The molecule has 0 aliphatic heterocycles. The molecule has 0 unspecified atom stereocenters. The van der Waals surface area contributed by atoms with E-state index in [-0.39, 0.29) is 11.5 Å². The fourth-order valence-corrected chi connectivity index (χ4v) is 1.01. The number of halogens is 4. The molecule has 0 fully saturated rings. The zero-order valence-corrected chi connectivity index (χ0v) is 8.83. The Hall–Kier alpha value is -2.06. The number of nitrogens with one attached hydrogen (secondary N) is 1. The first-order chi connectivity index (χ1) is 8.24. The fraction of sp³-hybridized carbons (Fsp3) is 0.333. The Morgan fingerprint density at radius 1 is 1.50 bits per heavy atom. The van der Waals surface area contributed by atoms with Crippen LogP contribution in [0.5, 0.6) is 0 Å². The number of alkyl halides is 4. The molecule has 0 saturated heterocycles. The SMILES string of the molecule is Nc1ccc(C(=O)O)nc1NCC(F)(F)C(F)F. The van der Waals surface area contributed by atoms with E-state index in [1.165, 1.54) is 0 Å². The van der Waals surface area contributed by atoms with Crippen molar-refractivity contribution in [3.8, 4) is 0 Å². The van der Waals surface area contributed by atoms with Gasteiger partial charge in [0.15, 0.2) is 5.69 Å². The molecular formula is C9H9F4N3O2. The van der Waals surface area contributed by atoms with E-state index < -0.39 is 30.6 Å². The number of rotatable bonds is 5. The summed E-state index contributed by atoms with van der Waals surface area (Å²) in [5, 5.41) is 10.5. The quantitative estimate of drug-likeness (QED) is 0.706. The van der Waals surface area contributed by atoms with Crippen molar-refractivity contribution in [1.29, 1.82) is 0 Å². The molecule has 100 valence electrons. The Balaban J connectivity index is 2.85. The lowest BCUT2D eigenvalue weighted by atomic mass is 10.3. The summed E-state index contributed by atoms with van der Waals surface area (Å²) in [5.41, 5.74) is 4.79. The number of aromatic nitrogens is 1. The van der Waals surface area contributed by atoms with Gasteiger partial charge in [-0.15, -0.1) is 0 Å². The number of carbonyl (C=O) groups is 1. The topological polar surface area (TPSA) is 88.2 Å². The van der Waals surface area contributed by atoms with E-state index in [2.05, 4.69) is 4.98 Å². The van der Waals surface area contributed by atoms with E-state index in [1.807, 2.05) is 5.32 Å². The Bertz CT molecular complexity index is 453. The van der Waals surface area contributed by atoms with Gasteiger partial charge in [0, 0.05) is 0 Å². The Morgan fingerprint density at radius 3 is 2.61 bits per heavy atom. The number of hydrogen-bond donors (Lipinski definition) is 3. The summed E-state index contributed by atoms with van der Waals surface area (Å²) in [7, 11) is 0. The van der Waals surface area contributed by atoms with Crippen LogP contribution in [0.1, 0.15) is 10.5 Å². The third-order valence-electron chi connectivity index (χ3n) is 1.96. The van der Waals surface area contributed by atoms with Crippen molar-refractivity contribution in [3.05, 3.63) is 17.8 Å². The molecule has 1 heterocycles. The maximum Gasteiger partial charge on any atom is 0.354 e. The van der Waals surface area contributed by atoms with Gasteiger partial charge in [0.05, 0.1) is 12.2 Å². The Morgan fingerprint density at radius 2 is 2.11 bits per heavy atom. The lowest BCUT2D eigenvalue weighted by Crippen LogP contribution is -2.35. The van der Waals surface area contributed by atoms with Gasteiger partial charge in [0.2, 0.25) is 0 Å². The van der Waals surface area contributed by atoms with Gasteiger partial charge in [0.25, 0.3) is 0 Å². The molecule has 1 rings (SSSR count). The summed E-state index contributed by atoms with van der Waals surface area (Å²) in [6.45, 7) is -1.40. The number of carboxylic acid groups (broad SMARTS) is 1. The maximum atomic E-state index is 12.6. The second kappa shape index (κ2) is 5.07. The summed E-state index contributed by atoms with van der Waals surface area (Å²) in [4.78, 5) is 14.0. The molecule has 0 saturated carbocycles. The minimum atomic E-state index is -4.26. The van der Waals surface area contributed by atoms with Crippen molar-refractivity contribution < 1.29 is 27.5 Å². The summed E-state index contributed by atoms with van der Waals surface area (Å²) in [6.07, 6.45) is -3.84. The highest BCUT2D eigenvalue weighted by Gasteiger charge is 2.40. The van der Waals surface area contributed by atoms with Gasteiger partial charge in [0.1, 0.15) is 5.82 Å². The standard InChI is InChI=1S/C9H9F4N3O2/c10-8(11)9(12,13)3-15-6-4(14)1-2-5(16-6)7(17)18/h1-2,8H,3,14H2,(H,15,16)(H,17,18). The van der Waals surface area contributed by atoms with Crippen LogP contribution in [0, 0.1) is 0 Å². The van der Waals surface area contributed by atoms with E-state index in [1.54, 1.807) is 0 Å². The molecule has 9 heteroatoms. The first kappa shape index (κ1) is 14.0. The number of pyridine rings is 1. The van der Waals surface area contributed by atoms with E-state index in [0.29, 0.717) is 0 Å². The molecular weight excluding hydrogens is 258 g/mol. The number of hydrogen-bond acceptors (Lipinski definition) is 4. The van der Waals surface area contributed by atoms with Gasteiger partial charge in [-0.1, -0.05) is 0 Å². The molecule has 0 amide bonds. The van der Waals surface area contributed by atoms with Crippen molar-refractivity contribution in [2.24, 2.45) is 0 Å². The summed E-state index contributed by atoms with van der Waals surface area (Å²) in [5.74, 6) is -6.03. The second-order valence-corrected chi connectivity index (χ2v) is 3.35. The lowest BCUT2D eigenvalue weighted by Gasteiger charge is -2.17. The van der Waals surface area contributed by atoms with Gasteiger partial charge in [-0.05, 0) is 12.1 Å². The van der Waals surface area contributed by atoms with Crippen molar-refractivity contribution in [2.75, 3.05) is 17.6 Å². The maximum absolute atomic E-state index is 12.6. The Labute approximate surface area is 98.6 Å². The molecule has 0 radical (unpaired) electrons. The summed E-state index contributed by atoms with van der Waals surface area (Å²) in [6, 6.07) is 2.19. The van der Waals surface area contributed by atoms with Crippen LogP contribution in [0.4, 0.5) is 29.1 Å². The zero-order valence-electron chi connectivity index (χ0n) is 8.83. The minimum absolute atomic E-state index is 0.120. The Kier molecular flexibility index (Phi) is 3.94. The normalized spacial score (nSPS) is 11.6. The monoisotopic (exact) mass is 267 g/mol. The number of anilines is 2. The summed E-state index contributed by atoms with van der Waals surface area (Å²) < 4.78 is 49.0. The molecule has 0 atom stereocenters. The average Bonchev–Trinajstić information content (AvgIpc) is 2.27. The third-order valence-corrected chi connectivity index (χ3v) is 1.96. The molecule has 0 aliphatic carbocycles. The molecule has 5 nitrogen and oxygen atoms in total. The number of carboxylic acids is 1. The minimum Gasteiger partial charge on any atom is -0.477 e. The van der Waals surface area contributed by atoms with Crippen LogP contribution in [0.15, 0.2) is 12.1 Å².